The number of carbonyl (C=O) groups excluding carboxylic acids is 2. The lowest BCUT2D eigenvalue weighted by Crippen LogP contribution is -2.42. The summed E-state index contributed by atoms with van der Waals surface area (Å²) in [6.45, 7) is 0.879. The Balaban J connectivity index is 1.31. The van der Waals surface area contributed by atoms with Gasteiger partial charge in [-0.25, -0.2) is 4.98 Å². The number of rotatable bonds is 10. The molecule has 0 bridgehead atoms. The zero-order valence-electron chi connectivity index (χ0n) is 19.9. The van der Waals surface area contributed by atoms with E-state index in [0.29, 0.717) is 55.4 Å². The van der Waals surface area contributed by atoms with Gasteiger partial charge >= 0.3 is 0 Å². The van der Waals surface area contributed by atoms with E-state index in [0.717, 1.165) is 11.1 Å². The number of nitrogens with zero attached hydrogens (tertiary/aromatic N) is 2. The van der Waals surface area contributed by atoms with E-state index in [1.165, 1.54) is 0 Å². The van der Waals surface area contributed by atoms with Gasteiger partial charge in [0.15, 0.2) is 23.1 Å². The summed E-state index contributed by atoms with van der Waals surface area (Å²) in [7, 11) is 3.19. The number of aromatic nitrogens is 1. The second kappa shape index (κ2) is 11.4. The highest BCUT2D eigenvalue weighted by Gasteiger charge is 2.36. The first-order valence-electron chi connectivity index (χ1n) is 11.6. The molecule has 8 heteroatoms. The second-order valence-electron chi connectivity index (χ2n) is 8.12. The molecule has 0 fully saturated rings. The molecule has 0 unspecified atom stereocenters. The SMILES string of the molecule is COc1ccc(CCNC(=O)CCCN2C(=O)[C@@H](c3ccccc3)Oc3cccnc32)cc1OC. The third kappa shape index (κ3) is 5.71. The van der Waals surface area contributed by atoms with Crippen molar-refractivity contribution in [3.8, 4) is 17.2 Å². The van der Waals surface area contributed by atoms with Gasteiger partial charge < -0.3 is 19.5 Å². The number of amides is 2. The maximum Gasteiger partial charge on any atom is 0.274 e. The number of hydrogen-bond acceptors (Lipinski definition) is 6. The van der Waals surface area contributed by atoms with E-state index in [1.807, 2.05) is 48.5 Å². The number of hydrogen-bond donors (Lipinski definition) is 1. The molecule has 35 heavy (non-hydrogen) atoms. The Morgan fingerprint density at radius 3 is 2.63 bits per heavy atom. The first-order valence-corrected chi connectivity index (χ1v) is 11.6. The smallest absolute Gasteiger partial charge is 0.274 e. The largest absolute Gasteiger partial charge is 0.493 e. The molecule has 182 valence electrons. The summed E-state index contributed by atoms with van der Waals surface area (Å²) < 4.78 is 16.5. The van der Waals surface area contributed by atoms with E-state index in [1.54, 1.807) is 37.4 Å². The van der Waals surface area contributed by atoms with E-state index >= 15 is 0 Å². The molecule has 8 nitrogen and oxygen atoms in total. The van der Waals surface area contributed by atoms with Gasteiger partial charge in [0, 0.05) is 31.3 Å². The van der Waals surface area contributed by atoms with Gasteiger partial charge in [-0.2, -0.15) is 0 Å². The maximum atomic E-state index is 13.2. The predicted octanol–water partition coefficient (Wildman–Crippen LogP) is 3.70. The zero-order valence-corrected chi connectivity index (χ0v) is 19.9. The highest BCUT2D eigenvalue weighted by Crippen LogP contribution is 2.37. The number of methoxy groups -OCH3 is 2. The van der Waals surface area contributed by atoms with Crippen molar-refractivity contribution < 1.29 is 23.8 Å². The number of nitrogens with one attached hydrogen (secondary N) is 1. The van der Waals surface area contributed by atoms with Crippen LogP contribution >= 0.6 is 0 Å². The molecule has 1 aromatic heterocycles. The molecule has 2 aromatic carbocycles. The second-order valence-corrected chi connectivity index (χ2v) is 8.12. The normalized spacial score (nSPS) is 14.6. The van der Waals surface area contributed by atoms with Crippen molar-refractivity contribution in [3.05, 3.63) is 78.0 Å². The van der Waals surface area contributed by atoms with Gasteiger partial charge in [0.1, 0.15) is 0 Å². The fourth-order valence-electron chi connectivity index (χ4n) is 4.02. The maximum absolute atomic E-state index is 13.2. The van der Waals surface area contributed by atoms with Crippen LogP contribution in [0.5, 0.6) is 17.2 Å². The first-order chi connectivity index (χ1) is 17.1. The molecule has 2 amide bonds. The number of anilines is 1. The summed E-state index contributed by atoms with van der Waals surface area (Å²) in [5.74, 6) is 2.12. The Labute approximate surface area is 204 Å². The van der Waals surface area contributed by atoms with Crippen molar-refractivity contribution in [3.63, 3.8) is 0 Å². The van der Waals surface area contributed by atoms with Crippen molar-refractivity contribution in [2.24, 2.45) is 0 Å². The van der Waals surface area contributed by atoms with Crippen LogP contribution in [0, 0.1) is 0 Å². The van der Waals surface area contributed by atoms with Gasteiger partial charge in [-0.15, -0.1) is 0 Å². The summed E-state index contributed by atoms with van der Waals surface area (Å²) in [6.07, 6.45) is 2.37. The average Bonchev–Trinajstić information content (AvgIpc) is 2.90. The molecule has 4 rings (SSSR count). The summed E-state index contributed by atoms with van der Waals surface area (Å²) in [4.78, 5) is 31.6. The van der Waals surface area contributed by atoms with Crippen LogP contribution in [0.3, 0.4) is 0 Å². The van der Waals surface area contributed by atoms with Crippen LogP contribution in [-0.2, 0) is 16.0 Å². The molecule has 0 spiro atoms. The molecule has 1 aliphatic heterocycles. The number of pyridine rings is 1. The topological polar surface area (TPSA) is 90.0 Å². The molecule has 3 aromatic rings. The van der Waals surface area contributed by atoms with Gasteiger partial charge in [-0.05, 0) is 42.7 Å². The minimum atomic E-state index is -0.733. The molecular formula is C27H29N3O5. The fourth-order valence-corrected chi connectivity index (χ4v) is 4.02. The van der Waals surface area contributed by atoms with E-state index in [2.05, 4.69) is 10.3 Å². The third-order valence-corrected chi connectivity index (χ3v) is 5.81. The zero-order chi connectivity index (χ0) is 24.6. The molecule has 0 saturated carbocycles. The molecule has 2 heterocycles. The lowest BCUT2D eigenvalue weighted by Gasteiger charge is -2.33. The summed E-state index contributed by atoms with van der Waals surface area (Å²) in [5.41, 5.74) is 1.82. The Bertz CT molecular complexity index is 1170. The van der Waals surface area contributed by atoms with Crippen molar-refractivity contribution in [1.29, 1.82) is 0 Å². The van der Waals surface area contributed by atoms with Crippen LogP contribution < -0.4 is 24.4 Å². The predicted molar refractivity (Wildman–Crippen MR) is 132 cm³/mol. The number of carbonyl (C=O) groups is 2. The molecule has 0 radical (unpaired) electrons. The Hall–Kier alpha value is -4.07. The van der Waals surface area contributed by atoms with Crippen molar-refractivity contribution >= 4 is 17.6 Å². The van der Waals surface area contributed by atoms with E-state index in [4.69, 9.17) is 14.2 Å². The molecule has 1 atom stereocenters. The Morgan fingerprint density at radius 1 is 1.06 bits per heavy atom. The van der Waals surface area contributed by atoms with Gasteiger partial charge in [-0.1, -0.05) is 36.4 Å². The highest BCUT2D eigenvalue weighted by molar-refractivity contribution is 5.99. The van der Waals surface area contributed by atoms with E-state index < -0.39 is 6.10 Å². The average molecular weight is 476 g/mol. The molecule has 1 N–H and O–H groups in total. The molecule has 1 aliphatic rings. The monoisotopic (exact) mass is 475 g/mol. The van der Waals surface area contributed by atoms with Crippen LogP contribution in [0.2, 0.25) is 0 Å². The van der Waals surface area contributed by atoms with Gasteiger partial charge in [0.05, 0.1) is 14.2 Å². The number of fused-ring (bicyclic) bond motifs is 1. The van der Waals surface area contributed by atoms with Crippen molar-refractivity contribution in [1.82, 2.24) is 10.3 Å². The van der Waals surface area contributed by atoms with Crippen LogP contribution in [0.15, 0.2) is 66.9 Å². The van der Waals surface area contributed by atoms with Crippen LogP contribution in [0.25, 0.3) is 0 Å². The van der Waals surface area contributed by atoms with Gasteiger partial charge in [-0.3, -0.25) is 14.5 Å². The van der Waals surface area contributed by atoms with Crippen molar-refractivity contribution in [2.45, 2.75) is 25.4 Å². The number of benzene rings is 2. The lowest BCUT2D eigenvalue weighted by molar-refractivity contribution is -0.127. The van der Waals surface area contributed by atoms with Gasteiger partial charge in [0.2, 0.25) is 12.0 Å². The minimum Gasteiger partial charge on any atom is -0.493 e. The fraction of sp³-hybridized carbons (Fsp3) is 0.296. The third-order valence-electron chi connectivity index (χ3n) is 5.81. The minimum absolute atomic E-state index is 0.0629. The lowest BCUT2D eigenvalue weighted by atomic mass is 10.1. The Morgan fingerprint density at radius 2 is 1.86 bits per heavy atom. The summed E-state index contributed by atoms with van der Waals surface area (Å²) in [6, 6.07) is 18.7. The summed E-state index contributed by atoms with van der Waals surface area (Å²) in [5, 5.41) is 2.95. The Kier molecular flexibility index (Phi) is 7.82. The highest BCUT2D eigenvalue weighted by atomic mass is 16.5. The summed E-state index contributed by atoms with van der Waals surface area (Å²) >= 11 is 0. The standard InChI is InChI=1S/C27H29N3O5/c1-33-21-13-12-19(18-23(21)34-2)14-16-28-24(31)11-7-17-30-26-22(10-6-15-29-26)35-25(27(30)32)20-8-4-3-5-9-20/h3-6,8-10,12-13,15,18,25H,7,11,14,16-17H2,1-2H3,(H,28,31)/t25-/m1/s1. The molecule has 0 saturated heterocycles. The first kappa shape index (κ1) is 24.1. The van der Waals surface area contributed by atoms with E-state index in [-0.39, 0.29) is 11.8 Å². The van der Waals surface area contributed by atoms with Gasteiger partial charge in [0.25, 0.3) is 5.91 Å². The molecular weight excluding hydrogens is 446 g/mol. The van der Waals surface area contributed by atoms with Crippen molar-refractivity contribution in [2.75, 3.05) is 32.2 Å². The van der Waals surface area contributed by atoms with E-state index in [9.17, 15) is 9.59 Å². The van der Waals surface area contributed by atoms with Crippen LogP contribution in [-0.4, -0.2) is 44.1 Å². The number of ether oxygens (including phenoxy) is 3. The van der Waals surface area contributed by atoms with Crippen LogP contribution in [0.1, 0.15) is 30.1 Å². The molecule has 0 aliphatic carbocycles. The quantitative estimate of drug-likeness (QED) is 0.481. The van der Waals surface area contributed by atoms with Crippen LogP contribution in [0.4, 0.5) is 5.82 Å².